The predicted octanol–water partition coefficient (Wildman–Crippen LogP) is 3.30. The van der Waals surface area contributed by atoms with Gasteiger partial charge in [0, 0.05) is 6.04 Å². The van der Waals surface area contributed by atoms with Crippen molar-refractivity contribution < 1.29 is 0 Å². The summed E-state index contributed by atoms with van der Waals surface area (Å²) in [7, 11) is 0. The lowest BCUT2D eigenvalue weighted by atomic mass is 9.95. The molecular formula is C14H23N. The first kappa shape index (κ1) is 12.3. The molecule has 0 aliphatic carbocycles. The number of hydrogen-bond donors (Lipinski definition) is 1. The van der Waals surface area contributed by atoms with E-state index in [-0.39, 0.29) is 0 Å². The van der Waals surface area contributed by atoms with E-state index in [9.17, 15) is 0 Å². The summed E-state index contributed by atoms with van der Waals surface area (Å²) in [6.45, 7) is 6.61. The van der Waals surface area contributed by atoms with E-state index in [4.69, 9.17) is 5.73 Å². The monoisotopic (exact) mass is 205 g/mol. The molecule has 0 amide bonds. The maximum absolute atomic E-state index is 6.12. The maximum Gasteiger partial charge on any atom is 0.00818 e. The van der Waals surface area contributed by atoms with Crippen LogP contribution in [-0.2, 0) is 6.42 Å². The van der Waals surface area contributed by atoms with Crippen LogP contribution in [0.2, 0.25) is 0 Å². The van der Waals surface area contributed by atoms with Gasteiger partial charge in [0.1, 0.15) is 0 Å². The van der Waals surface area contributed by atoms with Crippen LogP contribution in [0.4, 0.5) is 0 Å². The topological polar surface area (TPSA) is 26.0 Å². The second-order valence-electron chi connectivity index (χ2n) is 4.70. The van der Waals surface area contributed by atoms with Crippen molar-refractivity contribution >= 4 is 0 Å². The molecule has 0 saturated carbocycles. The molecule has 1 aromatic rings. The Balaban J connectivity index is 2.44. The summed E-state index contributed by atoms with van der Waals surface area (Å²) in [5.74, 6) is 0.741. The number of aryl methyl sites for hydroxylation is 1. The highest BCUT2D eigenvalue weighted by atomic mass is 14.6. The maximum atomic E-state index is 6.12. The number of hydrogen-bond acceptors (Lipinski definition) is 1. The van der Waals surface area contributed by atoms with Gasteiger partial charge in [-0.2, -0.15) is 0 Å². The highest BCUT2D eigenvalue weighted by Crippen LogP contribution is 2.12. The SMILES string of the molecule is CCC(C)CC(N)Cc1ccc(C)cc1. The fourth-order valence-corrected chi connectivity index (χ4v) is 1.79. The lowest BCUT2D eigenvalue weighted by Crippen LogP contribution is -2.25. The molecule has 1 rings (SSSR count). The van der Waals surface area contributed by atoms with Crippen LogP contribution in [0.3, 0.4) is 0 Å². The molecule has 1 heteroatoms. The van der Waals surface area contributed by atoms with Gasteiger partial charge in [-0.1, -0.05) is 50.1 Å². The van der Waals surface area contributed by atoms with Gasteiger partial charge >= 0.3 is 0 Å². The first-order chi connectivity index (χ1) is 7.11. The fourth-order valence-electron chi connectivity index (χ4n) is 1.79. The molecule has 0 aromatic heterocycles. The number of rotatable bonds is 5. The van der Waals surface area contributed by atoms with Gasteiger partial charge in [0.05, 0.1) is 0 Å². The molecule has 0 spiro atoms. The summed E-state index contributed by atoms with van der Waals surface area (Å²) in [5.41, 5.74) is 8.79. The van der Waals surface area contributed by atoms with Crippen molar-refractivity contribution in [3.8, 4) is 0 Å². The van der Waals surface area contributed by atoms with E-state index in [0.29, 0.717) is 6.04 Å². The second-order valence-corrected chi connectivity index (χ2v) is 4.70. The Morgan fingerprint density at radius 3 is 2.33 bits per heavy atom. The Morgan fingerprint density at radius 2 is 1.80 bits per heavy atom. The van der Waals surface area contributed by atoms with Crippen molar-refractivity contribution in [1.82, 2.24) is 0 Å². The van der Waals surface area contributed by atoms with Gasteiger partial charge in [0.25, 0.3) is 0 Å². The third-order valence-electron chi connectivity index (χ3n) is 3.02. The molecule has 0 fully saturated rings. The van der Waals surface area contributed by atoms with E-state index in [1.54, 1.807) is 0 Å². The van der Waals surface area contributed by atoms with Crippen molar-refractivity contribution in [2.75, 3.05) is 0 Å². The zero-order valence-corrected chi connectivity index (χ0v) is 10.2. The highest BCUT2D eigenvalue weighted by Gasteiger charge is 2.08. The van der Waals surface area contributed by atoms with Crippen LogP contribution in [0.5, 0.6) is 0 Å². The van der Waals surface area contributed by atoms with Crippen molar-refractivity contribution in [3.63, 3.8) is 0 Å². The van der Waals surface area contributed by atoms with Crippen molar-refractivity contribution in [2.24, 2.45) is 11.7 Å². The zero-order chi connectivity index (χ0) is 11.3. The molecule has 2 N–H and O–H groups in total. The molecule has 0 saturated heterocycles. The van der Waals surface area contributed by atoms with Gasteiger partial charge in [-0.3, -0.25) is 0 Å². The minimum atomic E-state index is 0.308. The molecular weight excluding hydrogens is 182 g/mol. The lowest BCUT2D eigenvalue weighted by molar-refractivity contribution is 0.450. The molecule has 2 unspecified atom stereocenters. The Labute approximate surface area is 93.7 Å². The van der Waals surface area contributed by atoms with E-state index in [0.717, 1.165) is 18.8 Å². The van der Waals surface area contributed by atoms with Crippen LogP contribution in [0.1, 0.15) is 37.8 Å². The van der Waals surface area contributed by atoms with Crippen LogP contribution in [-0.4, -0.2) is 6.04 Å². The Morgan fingerprint density at radius 1 is 1.20 bits per heavy atom. The minimum absolute atomic E-state index is 0.308. The summed E-state index contributed by atoms with van der Waals surface area (Å²) < 4.78 is 0. The molecule has 15 heavy (non-hydrogen) atoms. The fraction of sp³-hybridized carbons (Fsp3) is 0.571. The normalized spacial score (nSPS) is 14.9. The quantitative estimate of drug-likeness (QED) is 0.784. The minimum Gasteiger partial charge on any atom is -0.327 e. The van der Waals surface area contributed by atoms with E-state index in [2.05, 4.69) is 45.0 Å². The Kier molecular flexibility index (Phi) is 4.83. The van der Waals surface area contributed by atoms with Gasteiger partial charge in [0.15, 0.2) is 0 Å². The highest BCUT2D eigenvalue weighted by molar-refractivity contribution is 5.21. The Bertz CT molecular complexity index is 276. The molecule has 0 heterocycles. The zero-order valence-electron chi connectivity index (χ0n) is 10.2. The van der Waals surface area contributed by atoms with Gasteiger partial charge in [-0.05, 0) is 31.2 Å². The van der Waals surface area contributed by atoms with Crippen molar-refractivity contribution in [2.45, 2.75) is 46.1 Å². The van der Waals surface area contributed by atoms with Gasteiger partial charge in [0.2, 0.25) is 0 Å². The lowest BCUT2D eigenvalue weighted by Gasteiger charge is -2.15. The average molecular weight is 205 g/mol. The molecule has 2 atom stereocenters. The van der Waals surface area contributed by atoms with E-state index in [1.807, 2.05) is 0 Å². The van der Waals surface area contributed by atoms with Gasteiger partial charge in [-0.25, -0.2) is 0 Å². The summed E-state index contributed by atoms with van der Waals surface area (Å²) in [6.07, 6.45) is 3.36. The summed E-state index contributed by atoms with van der Waals surface area (Å²) in [5, 5.41) is 0. The van der Waals surface area contributed by atoms with Crippen molar-refractivity contribution in [3.05, 3.63) is 35.4 Å². The van der Waals surface area contributed by atoms with Crippen LogP contribution in [0.15, 0.2) is 24.3 Å². The molecule has 1 nitrogen and oxygen atoms in total. The van der Waals surface area contributed by atoms with Gasteiger partial charge in [-0.15, -0.1) is 0 Å². The number of nitrogens with two attached hydrogens (primary N) is 1. The molecule has 0 aliphatic rings. The van der Waals surface area contributed by atoms with Crippen LogP contribution in [0.25, 0.3) is 0 Å². The first-order valence-corrected chi connectivity index (χ1v) is 5.93. The molecule has 0 radical (unpaired) electrons. The third-order valence-corrected chi connectivity index (χ3v) is 3.02. The first-order valence-electron chi connectivity index (χ1n) is 5.93. The molecule has 1 aromatic carbocycles. The smallest absolute Gasteiger partial charge is 0.00818 e. The summed E-state index contributed by atoms with van der Waals surface area (Å²) in [6, 6.07) is 9.00. The summed E-state index contributed by atoms with van der Waals surface area (Å²) >= 11 is 0. The standard InChI is InChI=1S/C14H23N/c1-4-11(2)9-14(15)10-13-7-5-12(3)6-8-13/h5-8,11,14H,4,9-10,15H2,1-3H3. The summed E-state index contributed by atoms with van der Waals surface area (Å²) in [4.78, 5) is 0. The van der Waals surface area contributed by atoms with Crippen LogP contribution in [0, 0.1) is 12.8 Å². The number of benzene rings is 1. The molecule has 0 bridgehead atoms. The molecule has 0 aliphatic heterocycles. The van der Waals surface area contributed by atoms with Crippen molar-refractivity contribution in [1.29, 1.82) is 0 Å². The van der Waals surface area contributed by atoms with E-state index < -0.39 is 0 Å². The van der Waals surface area contributed by atoms with Gasteiger partial charge < -0.3 is 5.73 Å². The average Bonchev–Trinajstić information content (AvgIpc) is 2.21. The predicted molar refractivity (Wildman–Crippen MR) is 66.9 cm³/mol. The van der Waals surface area contributed by atoms with Crippen LogP contribution >= 0.6 is 0 Å². The third kappa shape index (κ3) is 4.48. The molecule has 84 valence electrons. The largest absolute Gasteiger partial charge is 0.327 e. The second kappa shape index (κ2) is 5.92. The van der Waals surface area contributed by atoms with E-state index >= 15 is 0 Å². The Hall–Kier alpha value is -0.820. The van der Waals surface area contributed by atoms with Crippen LogP contribution < -0.4 is 5.73 Å². The van der Waals surface area contributed by atoms with E-state index in [1.165, 1.54) is 17.5 Å².